The number of carbonyl (C=O) groups is 1. The third kappa shape index (κ3) is 4.03. The van der Waals surface area contributed by atoms with Gasteiger partial charge in [0.15, 0.2) is 5.17 Å². The molecule has 0 aromatic heterocycles. The van der Waals surface area contributed by atoms with Gasteiger partial charge in [-0.15, -0.1) is 0 Å². The zero-order valence-corrected chi connectivity index (χ0v) is 19.1. The van der Waals surface area contributed by atoms with E-state index in [1.165, 1.54) is 30.9 Å². The number of nitrogens with zero attached hydrogens (tertiary/aromatic N) is 2. The Hall–Kier alpha value is -0.910. The number of ether oxygens (including phenoxy) is 6. The quantitative estimate of drug-likeness (QED) is 0.659. The van der Waals surface area contributed by atoms with E-state index in [1.54, 1.807) is 20.9 Å². The van der Waals surface area contributed by atoms with Gasteiger partial charge in [-0.2, -0.15) is 0 Å². The molecule has 29 heavy (non-hydrogen) atoms. The highest BCUT2D eigenvalue weighted by Crippen LogP contribution is 2.47. The zero-order valence-electron chi connectivity index (χ0n) is 18.3. The Bertz CT molecular complexity index is 684. The molecule has 3 heterocycles. The minimum absolute atomic E-state index is 0.366. The maximum absolute atomic E-state index is 12.4. The lowest BCUT2D eigenvalue weighted by Crippen LogP contribution is -2.71. The molecule has 3 aliphatic rings. The summed E-state index contributed by atoms with van der Waals surface area (Å²) in [6.07, 6.45) is -1.99. The van der Waals surface area contributed by atoms with Crippen molar-refractivity contribution in [2.45, 2.75) is 81.6 Å². The summed E-state index contributed by atoms with van der Waals surface area (Å²) in [6, 6.07) is -0.404. The summed E-state index contributed by atoms with van der Waals surface area (Å²) >= 11 is 1.34. The van der Waals surface area contributed by atoms with Crippen molar-refractivity contribution in [2.75, 3.05) is 21.3 Å². The lowest BCUT2D eigenvalue weighted by molar-refractivity contribution is -0.461. The molecule has 0 aromatic rings. The van der Waals surface area contributed by atoms with Gasteiger partial charge in [0.1, 0.15) is 29.3 Å². The average Bonchev–Trinajstić information content (AvgIpc) is 3.05. The van der Waals surface area contributed by atoms with Crippen LogP contribution in [0.15, 0.2) is 4.99 Å². The first-order valence-corrected chi connectivity index (χ1v) is 10.4. The molecule has 165 valence electrons. The molecule has 7 atom stereocenters. The fraction of sp³-hybridized carbons (Fsp3) is 0.842. The topological polar surface area (TPSA) is 88.1 Å². The molecule has 3 aliphatic heterocycles. The van der Waals surface area contributed by atoms with Gasteiger partial charge >= 0.3 is 6.09 Å². The summed E-state index contributed by atoms with van der Waals surface area (Å²) < 4.78 is 35.2. The van der Waals surface area contributed by atoms with E-state index in [1.807, 2.05) is 20.8 Å². The van der Waals surface area contributed by atoms with E-state index in [2.05, 4.69) is 6.92 Å². The predicted molar refractivity (Wildman–Crippen MR) is 107 cm³/mol. The van der Waals surface area contributed by atoms with Crippen LogP contribution in [0.5, 0.6) is 0 Å². The van der Waals surface area contributed by atoms with Gasteiger partial charge < -0.3 is 28.4 Å². The Balaban J connectivity index is 1.84. The second-order valence-electron chi connectivity index (χ2n) is 8.57. The molecule has 0 N–H and O–H groups in total. The van der Waals surface area contributed by atoms with Crippen molar-refractivity contribution in [3.05, 3.63) is 6.92 Å². The molecule has 2 fully saturated rings. The number of rotatable bonds is 2. The number of fused-ring (bicyclic) bond motifs is 3. The standard InChI is InChI=1S/C19H31N2O7S/c1-10-12-13(27-19(6,24-9)18(5,23-8)26-12)11-14(25-10)29-15(20-11)21(7)16(22)28-17(2,3)4/h10-14H,1H2,2-9H3/t10-,11-,12+,13-,14-,18+,19+/m1/s1. The molecule has 1 radical (unpaired) electrons. The molecular weight excluding hydrogens is 400 g/mol. The van der Waals surface area contributed by atoms with Gasteiger partial charge in [0, 0.05) is 21.3 Å². The van der Waals surface area contributed by atoms with E-state index in [0.29, 0.717) is 5.17 Å². The van der Waals surface area contributed by atoms with Crippen LogP contribution in [0.2, 0.25) is 0 Å². The molecule has 0 unspecified atom stereocenters. The van der Waals surface area contributed by atoms with E-state index in [4.69, 9.17) is 33.4 Å². The van der Waals surface area contributed by atoms with Crippen molar-refractivity contribution in [3.63, 3.8) is 0 Å². The summed E-state index contributed by atoms with van der Waals surface area (Å²) in [6.45, 7) is 13.0. The van der Waals surface area contributed by atoms with Gasteiger partial charge in [0.05, 0.1) is 6.10 Å². The summed E-state index contributed by atoms with van der Waals surface area (Å²) in [5.74, 6) is -2.31. The Labute approximate surface area is 176 Å². The molecule has 0 aliphatic carbocycles. The Kier molecular flexibility index (Phi) is 6.01. The monoisotopic (exact) mass is 431 g/mol. The minimum atomic E-state index is -1.16. The molecular formula is C19H31N2O7S. The van der Waals surface area contributed by atoms with Crippen LogP contribution in [0.25, 0.3) is 0 Å². The summed E-state index contributed by atoms with van der Waals surface area (Å²) in [7, 11) is 4.69. The first-order valence-electron chi connectivity index (χ1n) is 9.50. The summed E-state index contributed by atoms with van der Waals surface area (Å²) in [4.78, 5) is 18.5. The van der Waals surface area contributed by atoms with E-state index in [-0.39, 0.29) is 5.44 Å². The molecule has 9 nitrogen and oxygen atoms in total. The number of hydrogen-bond donors (Lipinski definition) is 0. The minimum Gasteiger partial charge on any atom is -0.443 e. The second-order valence-corrected chi connectivity index (χ2v) is 9.63. The van der Waals surface area contributed by atoms with Gasteiger partial charge in [0.25, 0.3) is 0 Å². The van der Waals surface area contributed by atoms with Crippen molar-refractivity contribution in [1.29, 1.82) is 0 Å². The average molecular weight is 432 g/mol. The Morgan fingerprint density at radius 1 is 1.17 bits per heavy atom. The normalized spacial score (nSPS) is 42.0. The van der Waals surface area contributed by atoms with Crippen LogP contribution in [-0.2, 0) is 28.4 Å². The van der Waals surface area contributed by atoms with Gasteiger partial charge in [-0.3, -0.25) is 9.89 Å². The Morgan fingerprint density at radius 3 is 2.24 bits per heavy atom. The molecule has 0 spiro atoms. The zero-order chi connectivity index (χ0) is 21.8. The third-order valence-electron chi connectivity index (χ3n) is 5.38. The number of amidine groups is 1. The molecule has 0 bridgehead atoms. The fourth-order valence-corrected chi connectivity index (χ4v) is 4.62. The summed E-state index contributed by atoms with van der Waals surface area (Å²) in [5, 5.41) is 0.491. The molecule has 0 aromatic carbocycles. The van der Waals surface area contributed by atoms with Crippen molar-refractivity contribution >= 4 is 23.0 Å². The third-order valence-corrected chi connectivity index (χ3v) is 6.59. The lowest BCUT2D eigenvalue weighted by Gasteiger charge is -2.55. The smallest absolute Gasteiger partial charge is 0.416 e. The number of aliphatic imine (C=N–C) groups is 1. The van der Waals surface area contributed by atoms with Crippen LogP contribution in [0.1, 0.15) is 34.6 Å². The number of amides is 1. The summed E-state index contributed by atoms with van der Waals surface area (Å²) in [5.41, 5.74) is -0.970. The molecule has 1 amide bonds. The van der Waals surface area contributed by atoms with Gasteiger partial charge in [-0.1, -0.05) is 11.8 Å². The number of thioether (sulfide) groups is 1. The molecule has 3 rings (SSSR count). The molecule has 0 saturated carbocycles. The Morgan fingerprint density at radius 2 is 1.72 bits per heavy atom. The van der Waals surface area contributed by atoms with Gasteiger partial charge in [-0.05, 0) is 41.5 Å². The highest BCUT2D eigenvalue weighted by atomic mass is 32.2. The van der Waals surface area contributed by atoms with Crippen LogP contribution < -0.4 is 0 Å². The van der Waals surface area contributed by atoms with E-state index in [0.717, 1.165) is 0 Å². The van der Waals surface area contributed by atoms with Crippen LogP contribution in [0.4, 0.5) is 4.79 Å². The van der Waals surface area contributed by atoms with Crippen LogP contribution in [0, 0.1) is 6.92 Å². The van der Waals surface area contributed by atoms with E-state index >= 15 is 0 Å². The molecule has 10 heteroatoms. The van der Waals surface area contributed by atoms with Gasteiger partial charge in [0.2, 0.25) is 11.6 Å². The highest BCUT2D eigenvalue weighted by Gasteiger charge is 2.63. The van der Waals surface area contributed by atoms with Gasteiger partial charge in [-0.25, -0.2) is 4.79 Å². The lowest BCUT2D eigenvalue weighted by atomic mass is 9.94. The van der Waals surface area contributed by atoms with E-state index in [9.17, 15) is 4.79 Å². The SMILES string of the molecule is [CH2][C@H]1O[C@@H]2SC(N(C)C(=O)OC(C)(C)C)=N[C@@H]2[C@H]2O[C@](C)(OC)[C@@](C)(OC)O[C@H]21. The van der Waals surface area contributed by atoms with Crippen molar-refractivity contribution in [1.82, 2.24) is 4.90 Å². The van der Waals surface area contributed by atoms with E-state index < -0.39 is 47.6 Å². The maximum atomic E-state index is 12.4. The second kappa shape index (κ2) is 7.65. The van der Waals surface area contributed by atoms with Crippen LogP contribution >= 0.6 is 11.8 Å². The van der Waals surface area contributed by atoms with Crippen molar-refractivity contribution < 1.29 is 33.2 Å². The predicted octanol–water partition coefficient (Wildman–Crippen LogP) is 2.39. The fourth-order valence-electron chi connectivity index (χ4n) is 3.44. The largest absolute Gasteiger partial charge is 0.443 e. The first-order chi connectivity index (χ1) is 13.3. The maximum Gasteiger partial charge on any atom is 0.416 e. The van der Waals surface area contributed by atoms with Crippen molar-refractivity contribution in [3.8, 4) is 0 Å². The number of carbonyl (C=O) groups excluding carboxylic acids is 1. The van der Waals surface area contributed by atoms with Crippen LogP contribution in [0.3, 0.4) is 0 Å². The highest BCUT2D eigenvalue weighted by molar-refractivity contribution is 8.14. The van der Waals surface area contributed by atoms with Crippen LogP contribution in [-0.4, -0.2) is 84.4 Å². The molecule has 2 saturated heterocycles. The number of methoxy groups -OCH3 is 2. The first kappa shape index (κ1) is 22.8. The number of hydrogen-bond acceptors (Lipinski definition) is 9. The van der Waals surface area contributed by atoms with Crippen molar-refractivity contribution in [2.24, 2.45) is 4.99 Å².